The van der Waals surface area contributed by atoms with E-state index in [1.165, 1.54) is 23.9 Å². The number of hydrogen-bond acceptors (Lipinski definition) is 5. The molecule has 0 saturated carbocycles. The third-order valence-electron chi connectivity index (χ3n) is 2.03. The minimum absolute atomic E-state index is 0.132. The maximum absolute atomic E-state index is 12.7. The number of aromatic nitrogens is 2. The van der Waals surface area contributed by atoms with E-state index >= 15 is 0 Å². The number of nitrogens with zero attached hydrogens (tertiary/aromatic N) is 2. The molecule has 2 rings (SSSR count). The zero-order chi connectivity index (χ0) is 12.1. The molecule has 0 spiro atoms. The summed E-state index contributed by atoms with van der Waals surface area (Å²) in [4.78, 5) is 4.18. The van der Waals surface area contributed by atoms with Gasteiger partial charge in [-0.1, -0.05) is 5.16 Å². The maximum atomic E-state index is 12.7. The van der Waals surface area contributed by atoms with E-state index in [1.807, 2.05) is 0 Å². The molecule has 0 aliphatic carbocycles. The van der Waals surface area contributed by atoms with Crippen molar-refractivity contribution in [2.45, 2.75) is 5.75 Å². The van der Waals surface area contributed by atoms with Crippen LogP contribution in [0.5, 0.6) is 0 Å². The molecule has 17 heavy (non-hydrogen) atoms. The van der Waals surface area contributed by atoms with E-state index < -0.39 is 0 Å². The fraction of sp³-hybridized carbons (Fsp3) is 0.273. The molecule has 1 aromatic carbocycles. The zero-order valence-electron chi connectivity index (χ0n) is 8.97. The van der Waals surface area contributed by atoms with Crippen molar-refractivity contribution in [2.75, 3.05) is 12.4 Å². The van der Waals surface area contributed by atoms with Gasteiger partial charge in [0.15, 0.2) is 5.82 Å². The lowest BCUT2D eigenvalue weighted by molar-refractivity contribution is 0.322. The van der Waals surface area contributed by atoms with Crippen LogP contribution in [0.1, 0.15) is 5.82 Å². The van der Waals surface area contributed by atoms with Crippen molar-refractivity contribution in [3.05, 3.63) is 35.9 Å². The van der Waals surface area contributed by atoms with Gasteiger partial charge in [-0.15, -0.1) is 0 Å². The molecular formula is C11H11FN2O2S. The second-order valence-electron chi connectivity index (χ2n) is 3.30. The molecule has 0 bridgehead atoms. The molecule has 4 nitrogen and oxygen atoms in total. The van der Waals surface area contributed by atoms with Gasteiger partial charge in [0.2, 0.25) is 0 Å². The third kappa shape index (κ3) is 3.28. The molecule has 2 aromatic rings. The van der Waals surface area contributed by atoms with Gasteiger partial charge in [0.05, 0.1) is 12.4 Å². The first kappa shape index (κ1) is 12.1. The first-order valence-corrected chi connectivity index (χ1v) is 6.22. The quantitative estimate of drug-likeness (QED) is 0.828. The summed E-state index contributed by atoms with van der Waals surface area (Å²) in [7, 11) is 0. The van der Waals surface area contributed by atoms with Crippen LogP contribution >= 0.6 is 11.8 Å². The third-order valence-corrected chi connectivity index (χ3v) is 2.96. The molecule has 0 unspecified atom stereocenters. The first-order chi connectivity index (χ1) is 8.29. The van der Waals surface area contributed by atoms with Gasteiger partial charge in [0, 0.05) is 11.3 Å². The number of aliphatic hydroxyl groups is 1. The zero-order valence-corrected chi connectivity index (χ0v) is 9.78. The van der Waals surface area contributed by atoms with Crippen LogP contribution in [-0.4, -0.2) is 27.6 Å². The maximum Gasteiger partial charge on any atom is 0.257 e. The molecule has 0 aliphatic heterocycles. The lowest BCUT2D eigenvalue weighted by Crippen LogP contribution is -1.89. The molecule has 0 amide bonds. The molecular weight excluding hydrogens is 243 g/mol. The minimum atomic E-state index is -0.299. The Labute approximate surface area is 102 Å². The predicted molar refractivity (Wildman–Crippen MR) is 62.9 cm³/mol. The Morgan fingerprint density at radius 3 is 2.76 bits per heavy atom. The molecule has 0 fully saturated rings. The summed E-state index contributed by atoms with van der Waals surface area (Å²) in [5.41, 5.74) is 0.692. The second-order valence-corrected chi connectivity index (χ2v) is 4.40. The van der Waals surface area contributed by atoms with Crippen LogP contribution in [0.4, 0.5) is 4.39 Å². The molecule has 1 heterocycles. The predicted octanol–water partition coefficient (Wildman–Crippen LogP) is 2.10. The summed E-state index contributed by atoms with van der Waals surface area (Å²) < 4.78 is 17.8. The van der Waals surface area contributed by atoms with Gasteiger partial charge in [-0.25, -0.2) is 4.39 Å². The first-order valence-electron chi connectivity index (χ1n) is 5.06. The highest BCUT2D eigenvalue weighted by molar-refractivity contribution is 7.98. The van der Waals surface area contributed by atoms with E-state index in [1.54, 1.807) is 12.1 Å². The van der Waals surface area contributed by atoms with Gasteiger partial charge in [-0.2, -0.15) is 16.7 Å². The van der Waals surface area contributed by atoms with Gasteiger partial charge >= 0.3 is 0 Å². The van der Waals surface area contributed by atoms with Crippen LogP contribution in [0.2, 0.25) is 0 Å². The summed E-state index contributed by atoms with van der Waals surface area (Å²) in [6.07, 6.45) is 0. The van der Waals surface area contributed by atoms with Crippen LogP contribution in [0.25, 0.3) is 11.5 Å². The summed E-state index contributed by atoms with van der Waals surface area (Å²) in [6, 6.07) is 5.88. The summed E-state index contributed by atoms with van der Waals surface area (Å²) in [6.45, 7) is 0.132. The average molecular weight is 254 g/mol. The highest BCUT2D eigenvalue weighted by Gasteiger charge is 2.08. The number of thioether (sulfide) groups is 1. The molecule has 0 radical (unpaired) electrons. The molecule has 0 aliphatic rings. The Hall–Kier alpha value is -1.40. The summed E-state index contributed by atoms with van der Waals surface area (Å²) in [5.74, 6) is 1.88. The molecule has 1 N–H and O–H groups in total. The standard InChI is InChI=1S/C11H11FN2O2S/c12-9-3-1-8(2-4-9)11-13-10(14-16-11)7-17-6-5-15/h1-4,15H,5-7H2. The Morgan fingerprint density at radius 1 is 1.29 bits per heavy atom. The van der Waals surface area contributed by atoms with Crippen LogP contribution in [0, 0.1) is 5.82 Å². The lowest BCUT2D eigenvalue weighted by atomic mass is 10.2. The molecule has 0 saturated heterocycles. The van der Waals surface area contributed by atoms with Crippen molar-refractivity contribution in [3.8, 4) is 11.5 Å². The smallest absolute Gasteiger partial charge is 0.257 e. The number of halogens is 1. The van der Waals surface area contributed by atoms with E-state index in [4.69, 9.17) is 9.63 Å². The Kier molecular flexibility index (Phi) is 4.11. The lowest BCUT2D eigenvalue weighted by Gasteiger charge is -1.93. The number of aliphatic hydroxyl groups excluding tert-OH is 1. The molecule has 90 valence electrons. The number of hydrogen-bond donors (Lipinski definition) is 1. The van der Waals surface area contributed by atoms with Crippen molar-refractivity contribution in [2.24, 2.45) is 0 Å². The van der Waals surface area contributed by atoms with Crippen LogP contribution in [0.15, 0.2) is 28.8 Å². The Morgan fingerprint density at radius 2 is 2.06 bits per heavy atom. The van der Waals surface area contributed by atoms with E-state index in [0.29, 0.717) is 28.8 Å². The number of rotatable bonds is 5. The van der Waals surface area contributed by atoms with Crippen molar-refractivity contribution < 1.29 is 14.0 Å². The Bertz CT molecular complexity index is 473. The second kappa shape index (κ2) is 5.79. The largest absolute Gasteiger partial charge is 0.396 e. The van der Waals surface area contributed by atoms with Crippen molar-refractivity contribution in [3.63, 3.8) is 0 Å². The van der Waals surface area contributed by atoms with E-state index in [2.05, 4.69) is 10.1 Å². The van der Waals surface area contributed by atoms with Crippen LogP contribution < -0.4 is 0 Å². The fourth-order valence-electron chi connectivity index (χ4n) is 1.25. The topological polar surface area (TPSA) is 59.2 Å². The van der Waals surface area contributed by atoms with Crippen molar-refractivity contribution in [1.29, 1.82) is 0 Å². The molecule has 1 aromatic heterocycles. The van der Waals surface area contributed by atoms with E-state index in [9.17, 15) is 4.39 Å². The molecule has 0 atom stereocenters. The highest BCUT2D eigenvalue weighted by Crippen LogP contribution is 2.18. The minimum Gasteiger partial charge on any atom is -0.396 e. The van der Waals surface area contributed by atoms with Gasteiger partial charge < -0.3 is 9.63 Å². The Balaban J connectivity index is 2.04. The van der Waals surface area contributed by atoms with Gasteiger partial charge in [-0.05, 0) is 24.3 Å². The van der Waals surface area contributed by atoms with Gasteiger partial charge in [0.1, 0.15) is 5.82 Å². The van der Waals surface area contributed by atoms with Crippen LogP contribution in [0.3, 0.4) is 0 Å². The van der Waals surface area contributed by atoms with E-state index in [-0.39, 0.29) is 12.4 Å². The van der Waals surface area contributed by atoms with E-state index in [0.717, 1.165) is 0 Å². The summed E-state index contributed by atoms with van der Waals surface area (Å²) in [5, 5.41) is 12.4. The highest BCUT2D eigenvalue weighted by atomic mass is 32.2. The fourth-order valence-corrected chi connectivity index (χ4v) is 1.82. The monoisotopic (exact) mass is 254 g/mol. The normalized spacial score (nSPS) is 10.7. The van der Waals surface area contributed by atoms with Gasteiger partial charge in [0.25, 0.3) is 5.89 Å². The SMILES string of the molecule is OCCSCc1noc(-c2ccc(F)cc2)n1. The summed E-state index contributed by atoms with van der Waals surface area (Å²) >= 11 is 1.52. The van der Waals surface area contributed by atoms with Crippen LogP contribution in [-0.2, 0) is 5.75 Å². The van der Waals surface area contributed by atoms with Gasteiger partial charge in [-0.3, -0.25) is 0 Å². The van der Waals surface area contributed by atoms with Crippen molar-refractivity contribution in [1.82, 2.24) is 10.1 Å². The van der Waals surface area contributed by atoms with Crippen molar-refractivity contribution >= 4 is 11.8 Å². The number of benzene rings is 1. The molecule has 6 heteroatoms. The average Bonchev–Trinajstić information content (AvgIpc) is 2.79.